The fourth-order valence-corrected chi connectivity index (χ4v) is 2.42. The molecule has 124 valence electrons. The van der Waals surface area contributed by atoms with E-state index in [1.165, 1.54) is 18.2 Å². The Kier molecular flexibility index (Phi) is 5.78. The maximum absolute atomic E-state index is 11.9. The number of para-hydroxylation sites is 1. The monoisotopic (exact) mass is 366 g/mol. The number of hydrogen-bond donors (Lipinski definition) is 2. The lowest BCUT2D eigenvalue weighted by molar-refractivity contribution is -0.118. The molecule has 0 heterocycles. The van der Waals surface area contributed by atoms with Gasteiger partial charge in [-0.2, -0.15) is 0 Å². The Balaban J connectivity index is 2.05. The van der Waals surface area contributed by atoms with Crippen molar-refractivity contribution in [1.82, 2.24) is 0 Å². The summed E-state index contributed by atoms with van der Waals surface area (Å²) in [5.41, 5.74) is 5.62. The third-order valence-electron chi connectivity index (χ3n) is 2.99. The smallest absolute Gasteiger partial charge is 0.262 e. The molecule has 0 atom stereocenters. The molecule has 0 aliphatic rings. The van der Waals surface area contributed by atoms with Crippen LogP contribution in [0.5, 0.6) is 5.75 Å². The highest BCUT2D eigenvalue weighted by Crippen LogP contribution is 2.32. The minimum absolute atomic E-state index is 0.0714. The van der Waals surface area contributed by atoms with Crippen molar-refractivity contribution in [2.24, 2.45) is 5.73 Å². The molecular weight excluding hydrogens is 355 g/mol. The zero-order chi connectivity index (χ0) is 17.7. The number of carbonyl (C=O) groups excluding carboxylic acids is 3. The van der Waals surface area contributed by atoms with Gasteiger partial charge < -0.3 is 15.8 Å². The van der Waals surface area contributed by atoms with Crippen molar-refractivity contribution < 1.29 is 19.1 Å². The molecule has 0 aliphatic heterocycles. The normalized spacial score (nSPS) is 10.1. The lowest BCUT2D eigenvalue weighted by Gasteiger charge is -2.11. The van der Waals surface area contributed by atoms with Crippen molar-refractivity contribution in [3.8, 4) is 5.75 Å². The highest BCUT2D eigenvalue weighted by Gasteiger charge is 2.12. The highest BCUT2D eigenvalue weighted by atomic mass is 35.5. The number of primary amides is 1. The molecule has 8 heteroatoms. The Labute approximate surface area is 147 Å². The van der Waals surface area contributed by atoms with Crippen LogP contribution in [-0.4, -0.2) is 24.7 Å². The first-order chi connectivity index (χ1) is 11.4. The summed E-state index contributed by atoms with van der Waals surface area (Å²) < 4.78 is 5.30. The number of anilines is 1. The maximum atomic E-state index is 11.9. The number of ether oxygens (including phenoxy) is 1. The average molecular weight is 367 g/mol. The average Bonchev–Trinajstić information content (AvgIpc) is 2.54. The summed E-state index contributed by atoms with van der Waals surface area (Å²) in [6.07, 6.45) is 0.482. The fourth-order valence-electron chi connectivity index (χ4n) is 1.92. The second-order valence-corrected chi connectivity index (χ2v) is 5.49. The first kappa shape index (κ1) is 17.8. The van der Waals surface area contributed by atoms with Crippen LogP contribution in [0.3, 0.4) is 0 Å². The number of nitrogens with one attached hydrogen (secondary N) is 1. The summed E-state index contributed by atoms with van der Waals surface area (Å²) in [5, 5.41) is 3.09. The lowest BCUT2D eigenvalue weighted by Crippen LogP contribution is -2.21. The first-order valence-corrected chi connectivity index (χ1v) is 7.43. The summed E-state index contributed by atoms with van der Waals surface area (Å²) >= 11 is 11.9. The lowest BCUT2D eigenvalue weighted by atomic mass is 10.1. The van der Waals surface area contributed by atoms with Gasteiger partial charge in [0.05, 0.1) is 10.0 Å². The van der Waals surface area contributed by atoms with E-state index in [-0.39, 0.29) is 33.5 Å². The fraction of sp³-hybridized carbons (Fsp3) is 0.0625. The Morgan fingerprint density at radius 1 is 1.17 bits per heavy atom. The standard InChI is InChI=1S/C16H12Cl2N2O4/c17-12-2-1-3-13(18)15(12)24-8-14(22)20-10-4-5-11(16(19)23)9(6-10)7-21/h1-7H,8H2,(H2,19,23)(H,20,22). The van der Waals surface area contributed by atoms with Gasteiger partial charge in [0.1, 0.15) is 0 Å². The number of hydrogen-bond acceptors (Lipinski definition) is 4. The van der Waals surface area contributed by atoms with Gasteiger partial charge in [-0.25, -0.2) is 0 Å². The quantitative estimate of drug-likeness (QED) is 0.767. The largest absolute Gasteiger partial charge is 0.481 e. The Bertz CT molecular complexity index is 788. The van der Waals surface area contributed by atoms with E-state index < -0.39 is 11.8 Å². The van der Waals surface area contributed by atoms with Crippen molar-refractivity contribution in [3.05, 3.63) is 57.6 Å². The van der Waals surface area contributed by atoms with Crippen LogP contribution in [0.25, 0.3) is 0 Å². The molecule has 24 heavy (non-hydrogen) atoms. The molecule has 0 saturated carbocycles. The molecule has 0 unspecified atom stereocenters. The minimum Gasteiger partial charge on any atom is -0.481 e. The van der Waals surface area contributed by atoms with Crippen molar-refractivity contribution in [2.45, 2.75) is 0 Å². The van der Waals surface area contributed by atoms with Gasteiger partial charge >= 0.3 is 0 Å². The first-order valence-electron chi connectivity index (χ1n) is 6.68. The highest BCUT2D eigenvalue weighted by molar-refractivity contribution is 6.37. The minimum atomic E-state index is -0.730. The number of aldehydes is 1. The molecule has 0 aliphatic carbocycles. The van der Waals surface area contributed by atoms with Gasteiger partial charge in [-0.05, 0) is 30.3 Å². The molecule has 2 aromatic carbocycles. The van der Waals surface area contributed by atoms with Crippen LogP contribution in [0.4, 0.5) is 5.69 Å². The van der Waals surface area contributed by atoms with E-state index >= 15 is 0 Å². The third-order valence-corrected chi connectivity index (χ3v) is 3.59. The number of nitrogens with two attached hydrogens (primary N) is 1. The summed E-state index contributed by atoms with van der Waals surface area (Å²) in [4.78, 5) is 34.1. The second kappa shape index (κ2) is 7.81. The Hall–Kier alpha value is -2.57. The van der Waals surface area contributed by atoms with E-state index in [1.54, 1.807) is 18.2 Å². The summed E-state index contributed by atoms with van der Waals surface area (Å²) in [6, 6.07) is 8.96. The summed E-state index contributed by atoms with van der Waals surface area (Å²) in [7, 11) is 0. The maximum Gasteiger partial charge on any atom is 0.262 e. The van der Waals surface area contributed by atoms with E-state index in [9.17, 15) is 14.4 Å². The molecule has 2 aromatic rings. The van der Waals surface area contributed by atoms with Crippen molar-refractivity contribution >= 4 is 47.0 Å². The van der Waals surface area contributed by atoms with Gasteiger partial charge in [0.2, 0.25) is 5.91 Å². The van der Waals surface area contributed by atoms with Crippen molar-refractivity contribution in [3.63, 3.8) is 0 Å². The van der Waals surface area contributed by atoms with Crippen LogP contribution in [0, 0.1) is 0 Å². The van der Waals surface area contributed by atoms with Crippen LogP contribution in [-0.2, 0) is 4.79 Å². The zero-order valence-corrected chi connectivity index (χ0v) is 13.7. The van der Waals surface area contributed by atoms with E-state index in [0.717, 1.165) is 0 Å². The van der Waals surface area contributed by atoms with Gasteiger partial charge in [0.25, 0.3) is 5.91 Å². The van der Waals surface area contributed by atoms with Crippen LogP contribution in [0.1, 0.15) is 20.7 Å². The Morgan fingerprint density at radius 2 is 1.83 bits per heavy atom. The van der Waals surface area contributed by atoms with Gasteiger partial charge in [0.15, 0.2) is 18.6 Å². The SMILES string of the molecule is NC(=O)c1ccc(NC(=O)COc2c(Cl)cccc2Cl)cc1C=O. The molecule has 0 aromatic heterocycles. The van der Waals surface area contributed by atoms with Gasteiger partial charge in [0, 0.05) is 16.8 Å². The van der Waals surface area contributed by atoms with Crippen LogP contribution in [0.15, 0.2) is 36.4 Å². The van der Waals surface area contributed by atoms with E-state index in [1.807, 2.05) is 0 Å². The number of rotatable bonds is 6. The van der Waals surface area contributed by atoms with Gasteiger partial charge in [-0.15, -0.1) is 0 Å². The van der Waals surface area contributed by atoms with Crippen LogP contribution >= 0.6 is 23.2 Å². The predicted molar refractivity (Wildman–Crippen MR) is 90.9 cm³/mol. The van der Waals surface area contributed by atoms with Crippen LogP contribution in [0.2, 0.25) is 10.0 Å². The summed E-state index contributed by atoms with van der Waals surface area (Å²) in [5.74, 6) is -1.02. The molecule has 6 nitrogen and oxygen atoms in total. The van der Waals surface area contributed by atoms with E-state index in [2.05, 4.69) is 5.32 Å². The molecule has 2 rings (SSSR count). The molecule has 3 N–H and O–H groups in total. The number of amides is 2. The molecule has 0 spiro atoms. The van der Waals surface area contributed by atoms with Crippen LogP contribution < -0.4 is 15.8 Å². The molecule has 0 radical (unpaired) electrons. The van der Waals surface area contributed by atoms with Crippen molar-refractivity contribution in [1.29, 1.82) is 0 Å². The molecule has 0 saturated heterocycles. The van der Waals surface area contributed by atoms with Gasteiger partial charge in [-0.1, -0.05) is 29.3 Å². The third kappa shape index (κ3) is 4.24. The van der Waals surface area contributed by atoms with E-state index in [0.29, 0.717) is 12.0 Å². The van der Waals surface area contributed by atoms with Crippen molar-refractivity contribution in [2.75, 3.05) is 11.9 Å². The zero-order valence-electron chi connectivity index (χ0n) is 12.2. The second-order valence-electron chi connectivity index (χ2n) is 4.67. The van der Waals surface area contributed by atoms with E-state index in [4.69, 9.17) is 33.7 Å². The molecule has 0 fully saturated rings. The number of carbonyl (C=O) groups is 3. The molecule has 0 bridgehead atoms. The Morgan fingerprint density at radius 3 is 2.42 bits per heavy atom. The number of halogens is 2. The number of benzene rings is 2. The molecular formula is C16H12Cl2N2O4. The predicted octanol–water partition coefficient (Wildman–Crippen LogP) is 2.92. The molecule has 2 amide bonds. The van der Waals surface area contributed by atoms with Gasteiger partial charge in [-0.3, -0.25) is 14.4 Å². The topological polar surface area (TPSA) is 98.5 Å². The summed E-state index contributed by atoms with van der Waals surface area (Å²) in [6.45, 7) is -0.336.